The largest absolute Gasteiger partial charge is 0.474 e. The molecule has 0 spiro atoms. The Morgan fingerprint density at radius 2 is 2.10 bits per heavy atom. The van der Waals surface area contributed by atoms with Crippen LogP contribution in [0.4, 0.5) is 10.6 Å². The van der Waals surface area contributed by atoms with Crippen LogP contribution in [0.15, 0.2) is 30.3 Å². The van der Waals surface area contributed by atoms with Gasteiger partial charge in [0.1, 0.15) is 12.4 Å². The number of rotatable bonds is 5. The van der Waals surface area contributed by atoms with Crippen molar-refractivity contribution < 1.29 is 19.7 Å². The van der Waals surface area contributed by atoms with Crippen molar-refractivity contribution in [3.63, 3.8) is 0 Å². The molecule has 0 aliphatic rings. The minimum atomic E-state index is -1.18. The number of hydrogen-bond donors (Lipinski definition) is 3. The van der Waals surface area contributed by atoms with Gasteiger partial charge in [-0.25, -0.2) is 9.48 Å². The van der Waals surface area contributed by atoms with Crippen LogP contribution in [0.3, 0.4) is 0 Å². The van der Waals surface area contributed by atoms with E-state index in [1.165, 1.54) is 4.68 Å². The van der Waals surface area contributed by atoms with E-state index in [1.807, 2.05) is 18.2 Å². The second-order valence-electron chi connectivity index (χ2n) is 4.62. The maximum atomic E-state index is 10.9. The van der Waals surface area contributed by atoms with Crippen LogP contribution < -0.4 is 10.1 Å². The predicted octanol–water partition coefficient (Wildman–Crippen LogP) is 2.03. The van der Waals surface area contributed by atoms with Crippen molar-refractivity contribution in [2.45, 2.75) is 20.0 Å². The van der Waals surface area contributed by atoms with Crippen LogP contribution >= 0.6 is 0 Å². The lowest BCUT2D eigenvalue weighted by atomic mass is 10.3. The van der Waals surface area contributed by atoms with Gasteiger partial charge in [0.25, 0.3) is 0 Å². The fourth-order valence-electron chi connectivity index (χ4n) is 1.82. The molecule has 1 amide bonds. The fraction of sp³-hybridized carbons (Fsp3) is 0.286. The molecule has 0 aliphatic carbocycles. The summed E-state index contributed by atoms with van der Waals surface area (Å²) in [6, 6.07) is 9.12. The number of aliphatic hydroxyl groups excluding tert-OH is 1. The molecular weight excluding hydrogens is 274 g/mol. The lowest BCUT2D eigenvalue weighted by molar-refractivity contribution is 0.119. The Bertz CT molecular complexity index is 623. The fourth-order valence-corrected chi connectivity index (χ4v) is 1.82. The van der Waals surface area contributed by atoms with E-state index in [1.54, 1.807) is 26.0 Å². The molecular formula is C14H17N3O4. The quantitative estimate of drug-likeness (QED) is 0.783. The zero-order valence-electron chi connectivity index (χ0n) is 11.8. The predicted molar refractivity (Wildman–Crippen MR) is 77.1 cm³/mol. The van der Waals surface area contributed by atoms with Crippen LogP contribution in [0.5, 0.6) is 5.88 Å². The number of amides is 1. The van der Waals surface area contributed by atoms with E-state index < -0.39 is 12.2 Å². The van der Waals surface area contributed by atoms with Crippen LogP contribution in [0.1, 0.15) is 12.5 Å². The van der Waals surface area contributed by atoms with Gasteiger partial charge < -0.3 is 14.9 Å². The van der Waals surface area contributed by atoms with Crippen molar-refractivity contribution >= 4 is 11.9 Å². The lowest BCUT2D eigenvalue weighted by Gasteiger charge is -2.06. The SMILES string of the molecule is Cc1c(OC[C@H](C)O)nn(-c2ccccc2)c1NC(=O)O. The Kier molecular flexibility index (Phi) is 4.44. The second kappa shape index (κ2) is 6.27. The third kappa shape index (κ3) is 3.51. The summed E-state index contributed by atoms with van der Waals surface area (Å²) in [6.07, 6.45) is -1.82. The number of carbonyl (C=O) groups is 1. The number of para-hydroxylation sites is 1. The van der Waals surface area contributed by atoms with Crippen molar-refractivity contribution in [3.8, 4) is 11.6 Å². The van der Waals surface area contributed by atoms with E-state index in [4.69, 9.17) is 9.84 Å². The van der Waals surface area contributed by atoms with E-state index in [-0.39, 0.29) is 12.5 Å². The second-order valence-corrected chi connectivity index (χ2v) is 4.62. The van der Waals surface area contributed by atoms with Crippen molar-refractivity contribution in [1.82, 2.24) is 9.78 Å². The molecule has 0 unspecified atom stereocenters. The van der Waals surface area contributed by atoms with Crippen LogP contribution in [0.2, 0.25) is 0 Å². The van der Waals surface area contributed by atoms with E-state index in [0.29, 0.717) is 17.1 Å². The average molecular weight is 291 g/mol. The smallest absolute Gasteiger partial charge is 0.410 e. The number of hydrogen-bond acceptors (Lipinski definition) is 4. The maximum absolute atomic E-state index is 10.9. The Balaban J connectivity index is 2.42. The van der Waals surface area contributed by atoms with E-state index in [2.05, 4.69) is 10.4 Å². The van der Waals surface area contributed by atoms with Gasteiger partial charge in [0.2, 0.25) is 5.88 Å². The molecule has 21 heavy (non-hydrogen) atoms. The molecule has 1 atom stereocenters. The number of anilines is 1. The van der Waals surface area contributed by atoms with Crippen LogP contribution in [-0.4, -0.2) is 38.8 Å². The first-order valence-electron chi connectivity index (χ1n) is 6.45. The molecule has 0 fully saturated rings. The molecule has 0 bridgehead atoms. The summed E-state index contributed by atoms with van der Waals surface area (Å²) in [5.41, 5.74) is 1.26. The topological polar surface area (TPSA) is 96.6 Å². The molecule has 0 aliphatic heterocycles. The molecule has 112 valence electrons. The number of nitrogens with zero attached hydrogens (tertiary/aromatic N) is 2. The molecule has 3 N–H and O–H groups in total. The number of ether oxygens (including phenoxy) is 1. The molecule has 1 aromatic heterocycles. The van der Waals surface area contributed by atoms with Gasteiger partial charge >= 0.3 is 6.09 Å². The van der Waals surface area contributed by atoms with Gasteiger partial charge in [-0.1, -0.05) is 18.2 Å². The Morgan fingerprint density at radius 3 is 2.67 bits per heavy atom. The first kappa shape index (κ1) is 14.9. The monoisotopic (exact) mass is 291 g/mol. The number of nitrogens with one attached hydrogen (secondary N) is 1. The van der Waals surface area contributed by atoms with Gasteiger partial charge in [-0.05, 0) is 26.0 Å². The molecule has 7 heteroatoms. The summed E-state index contributed by atoms with van der Waals surface area (Å²) < 4.78 is 6.87. The molecule has 2 rings (SSSR count). The zero-order chi connectivity index (χ0) is 15.4. The van der Waals surface area contributed by atoms with E-state index in [0.717, 1.165) is 0 Å². The summed E-state index contributed by atoms with van der Waals surface area (Å²) in [5, 5.41) is 24.8. The number of aromatic nitrogens is 2. The van der Waals surface area contributed by atoms with Gasteiger partial charge in [0.05, 0.1) is 17.4 Å². The third-order valence-corrected chi connectivity index (χ3v) is 2.77. The van der Waals surface area contributed by atoms with Gasteiger partial charge in [-0.3, -0.25) is 5.32 Å². The third-order valence-electron chi connectivity index (χ3n) is 2.77. The highest BCUT2D eigenvalue weighted by Gasteiger charge is 2.18. The van der Waals surface area contributed by atoms with Crippen LogP contribution in [0, 0.1) is 6.92 Å². The normalized spacial score (nSPS) is 12.0. The van der Waals surface area contributed by atoms with E-state index in [9.17, 15) is 9.90 Å². The van der Waals surface area contributed by atoms with Crippen molar-refractivity contribution in [1.29, 1.82) is 0 Å². The van der Waals surface area contributed by atoms with Crippen molar-refractivity contribution in [2.75, 3.05) is 11.9 Å². The van der Waals surface area contributed by atoms with Crippen molar-refractivity contribution in [2.24, 2.45) is 0 Å². The molecule has 0 saturated heterocycles. The summed E-state index contributed by atoms with van der Waals surface area (Å²) >= 11 is 0. The Labute approximate surface area is 121 Å². The van der Waals surface area contributed by atoms with E-state index >= 15 is 0 Å². The maximum Gasteiger partial charge on any atom is 0.410 e. The summed E-state index contributed by atoms with van der Waals surface area (Å²) in [7, 11) is 0. The minimum Gasteiger partial charge on any atom is -0.474 e. The molecule has 7 nitrogen and oxygen atoms in total. The van der Waals surface area contributed by atoms with Gasteiger partial charge in [-0.15, -0.1) is 5.10 Å². The van der Waals surface area contributed by atoms with Crippen molar-refractivity contribution in [3.05, 3.63) is 35.9 Å². The van der Waals surface area contributed by atoms with Crippen LogP contribution in [0.25, 0.3) is 5.69 Å². The first-order chi connectivity index (χ1) is 9.99. The zero-order valence-corrected chi connectivity index (χ0v) is 11.8. The highest BCUT2D eigenvalue weighted by Crippen LogP contribution is 2.28. The van der Waals surface area contributed by atoms with Gasteiger partial charge in [0.15, 0.2) is 0 Å². The highest BCUT2D eigenvalue weighted by molar-refractivity contribution is 5.83. The molecule has 1 heterocycles. The molecule has 1 aromatic carbocycles. The Morgan fingerprint density at radius 1 is 1.43 bits per heavy atom. The number of aliphatic hydroxyl groups is 1. The van der Waals surface area contributed by atoms with Gasteiger partial charge in [0, 0.05) is 0 Å². The number of benzene rings is 1. The molecule has 0 saturated carbocycles. The average Bonchev–Trinajstić information content (AvgIpc) is 2.74. The molecule has 2 aromatic rings. The highest BCUT2D eigenvalue weighted by atomic mass is 16.5. The standard InChI is InChI=1S/C14H17N3O4/c1-9(18)8-21-13-10(2)12(15-14(19)20)17(16-13)11-6-4-3-5-7-11/h3-7,9,15,18H,8H2,1-2H3,(H,19,20)/t9-/m0/s1. The first-order valence-corrected chi connectivity index (χ1v) is 6.45. The Hall–Kier alpha value is -2.54. The minimum absolute atomic E-state index is 0.0825. The van der Waals surface area contributed by atoms with Gasteiger partial charge in [-0.2, -0.15) is 0 Å². The number of carboxylic acid groups (broad SMARTS) is 1. The molecule has 0 radical (unpaired) electrons. The van der Waals surface area contributed by atoms with Crippen LogP contribution in [-0.2, 0) is 0 Å². The summed E-state index contributed by atoms with van der Waals surface area (Å²) in [5.74, 6) is 0.595. The summed E-state index contributed by atoms with van der Waals surface area (Å²) in [6.45, 7) is 3.38. The summed E-state index contributed by atoms with van der Waals surface area (Å²) in [4.78, 5) is 10.9. The lowest BCUT2D eigenvalue weighted by Crippen LogP contribution is -2.13.